The van der Waals surface area contributed by atoms with Gasteiger partial charge in [0.1, 0.15) is 5.82 Å². The molecular formula is C22H26N8O. The van der Waals surface area contributed by atoms with Crippen LogP contribution >= 0.6 is 0 Å². The van der Waals surface area contributed by atoms with Gasteiger partial charge in [0, 0.05) is 44.5 Å². The molecular weight excluding hydrogens is 392 g/mol. The molecule has 9 nitrogen and oxygen atoms in total. The summed E-state index contributed by atoms with van der Waals surface area (Å²) in [6, 6.07) is 4.37. The number of aryl methyl sites for hydroxylation is 2. The Morgan fingerprint density at radius 1 is 1.03 bits per heavy atom. The summed E-state index contributed by atoms with van der Waals surface area (Å²) in [6.45, 7) is 5.53. The Balaban J connectivity index is 1.26. The normalized spacial score (nSPS) is 20.4. The van der Waals surface area contributed by atoms with E-state index in [4.69, 9.17) is 9.72 Å². The molecule has 0 amide bonds. The molecule has 3 aromatic heterocycles. The van der Waals surface area contributed by atoms with Crippen LogP contribution in [0.4, 0.5) is 17.5 Å². The summed E-state index contributed by atoms with van der Waals surface area (Å²) in [5.41, 5.74) is 5.65. The van der Waals surface area contributed by atoms with Gasteiger partial charge in [-0.05, 0) is 37.0 Å². The Morgan fingerprint density at radius 3 is 2.74 bits per heavy atom. The van der Waals surface area contributed by atoms with Gasteiger partial charge in [-0.25, -0.2) is 15.0 Å². The number of pyridine rings is 1. The van der Waals surface area contributed by atoms with Gasteiger partial charge in [-0.3, -0.25) is 4.68 Å². The molecule has 0 aromatic carbocycles. The van der Waals surface area contributed by atoms with Crippen LogP contribution in [0.5, 0.6) is 0 Å². The first-order chi connectivity index (χ1) is 15.3. The Kier molecular flexibility index (Phi) is 4.77. The van der Waals surface area contributed by atoms with Crippen molar-refractivity contribution in [2.75, 3.05) is 49.6 Å². The largest absolute Gasteiger partial charge is 0.379 e. The van der Waals surface area contributed by atoms with E-state index >= 15 is 0 Å². The zero-order valence-electron chi connectivity index (χ0n) is 17.4. The van der Waals surface area contributed by atoms with Crippen molar-refractivity contribution in [1.82, 2.24) is 30.0 Å². The molecule has 1 aliphatic carbocycles. The number of rotatable bonds is 4. The van der Waals surface area contributed by atoms with E-state index in [0.29, 0.717) is 12.6 Å². The molecule has 0 unspecified atom stereocenters. The van der Waals surface area contributed by atoms with Gasteiger partial charge in [0.25, 0.3) is 0 Å². The number of hydrogen-bond acceptors (Lipinski definition) is 8. The second-order valence-electron chi connectivity index (χ2n) is 8.31. The van der Waals surface area contributed by atoms with Gasteiger partial charge in [0.15, 0.2) is 0 Å². The molecule has 1 atom stereocenters. The zero-order chi connectivity index (χ0) is 20.6. The maximum atomic E-state index is 5.59. The smallest absolute Gasteiger partial charge is 0.228 e. The lowest BCUT2D eigenvalue weighted by Gasteiger charge is -2.29. The van der Waals surface area contributed by atoms with E-state index in [0.717, 1.165) is 74.9 Å². The molecule has 0 spiro atoms. The van der Waals surface area contributed by atoms with Gasteiger partial charge in [-0.1, -0.05) is 0 Å². The van der Waals surface area contributed by atoms with Crippen LogP contribution in [0.1, 0.15) is 23.6 Å². The number of hydrogen-bond donors (Lipinski definition) is 2. The third-order valence-corrected chi connectivity index (χ3v) is 6.35. The van der Waals surface area contributed by atoms with Crippen molar-refractivity contribution in [2.45, 2.75) is 25.3 Å². The molecule has 2 saturated heterocycles. The van der Waals surface area contributed by atoms with E-state index in [2.05, 4.69) is 41.3 Å². The number of nitrogens with one attached hydrogen (secondary N) is 2. The van der Waals surface area contributed by atoms with Crippen LogP contribution in [0.25, 0.3) is 11.4 Å². The summed E-state index contributed by atoms with van der Waals surface area (Å²) in [5.74, 6) is 1.30. The second kappa shape index (κ2) is 7.90. The van der Waals surface area contributed by atoms with Crippen molar-refractivity contribution in [2.24, 2.45) is 0 Å². The van der Waals surface area contributed by atoms with E-state index < -0.39 is 0 Å². The monoisotopic (exact) mass is 418 g/mol. The summed E-state index contributed by atoms with van der Waals surface area (Å²) in [7, 11) is 0. The van der Waals surface area contributed by atoms with Gasteiger partial charge < -0.3 is 20.3 Å². The predicted molar refractivity (Wildman–Crippen MR) is 118 cm³/mol. The third kappa shape index (κ3) is 3.53. The molecule has 9 heteroatoms. The molecule has 31 heavy (non-hydrogen) atoms. The molecule has 2 aliphatic heterocycles. The molecule has 3 aromatic rings. The standard InChI is InChI=1S/C22H26N8O/c1-2-16-12-26-30(18-5-10-31-14-18)21(16)20-15(1)11-25-22(28-20)27-19-4-3-17(13-24-19)29-8-6-23-7-9-29/h3-4,11-13,18,23H,1-2,5-10,14H2,(H,24,25,27,28)/t18-/m0/s1. The van der Waals surface area contributed by atoms with Gasteiger partial charge >= 0.3 is 0 Å². The zero-order valence-corrected chi connectivity index (χ0v) is 17.4. The number of piperazine rings is 1. The van der Waals surface area contributed by atoms with E-state index in [-0.39, 0.29) is 6.04 Å². The van der Waals surface area contributed by atoms with E-state index in [9.17, 15) is 0 Å². The fourth-order valence-corrected chi connectivity index (χ4v) is 4.64. The molecule has 0 bridgehead atoms. The maximum Gasteiger partial charge on any atom is 0.228 e. The topological polar surface area (TPSA) is 93.0 Å². The van der Waals surface area contributed by atoms with Gasteiger partial charge in [0.05, 0.1) is 42.1 Å². The lowest BCUT2D eigenvalue weighted by atomic mass is 9.95. The summed E-state index contributed by atoms with van der Waals surface area (Å²) < 4.78 is 7.70. The first-order valence-corrected chi connectivity index (χ1v) is 11.0. The summed E-state index contributed by atoms with van der Waals surface area (Å²) >= 11 is 0. The van der Waals surface area contributed by atoms with Gasteiger partial charge in [0.2, 0.25) is 5.95 Å². The fourth-order valence-electron chi connectivity index (χ4n) is 4.64. The molecule has 0 radical (unpaired) electrons. The quantitative estimate of drug-likeness (QED) is 0.664. The van der Waals surface area contributed by atoms with Crippen LogP contribution in [-0.2, 0) is 17.6 Å². The number of nitrogens with zero attached hydrogens (tertiary/aromatic N) is 6. The highest BCUT2D eigenvalue weighted by Gasteiger charge is 2.28. The van der Waals surface area contributed by atoms with E-state index in [1.807, 2.05) is 24.7 Å². The Morgan fingerprint density at radius 2 is 1.94 bits per heavy atom. The van der Waals surface area contributed by atoms with Gasteiger partial charge in [-0.15, -0.1) is 0 Å². The van der Waals surface area contributed by atoms with Crippen LogP contribution in [-0.4, -0.2) is 64.1 Å². The van der Waals surface area contributed by atoms with Crippen LogP contribution < -0.4 is 15.5 Å². The molecule has 3 aliphatic rings. The van der Waals surface area contributed by atoms with Crippen molar-refractivity contribution in [1.29, 1.82) is 0 Å². The van der Waals surface area contributed by atoms with Crippen LogP contribution in [0.3, 0.4) is 0 Å². The average molecular weight is 419 g/mol. The molecule has 2 N–H and O–H groups in total. The van der Waals surface area contributed by atoms with E-state index in [1.54, 1.807) is 0 Å². The van der Waals surface area contributed by atoms with Crippen molar-refractivity contribution in [3.8, 4) is 11.4 Å². The first kappa shape index (κ1) is 18.7. The molecule has 160 valence electrons. The minimum absolute atomic E-state index is 0.278. The summed E-state index contributed by atoms with van der Waals surface area (Å²) in [6.07, 6.45) is 8.74. The van der Waals surface area contributed by atoms with Crippen molar-refractivity contribution in [3.05, 3.63) is 41.9 Å². The van der Waals surface area contributed by atoms with Crippen LogP contribution in [0.2, 0.25) is 0 Å². The Bertz CT molecular complexity index is 1070. The lowest BCUT2D eigenvalue weighted by Crippen LogP contribution is -2.43. The lowest BCUT2D eigenvalue weighted by molar-refractivity contribution is 0.185. The molecule has 5 heterocycles. The highest BCUT2D eigenvalue weighted by molar-refractivity contribution is 5.67. The second-order valence-corrected chi connectivity index (χ2v) is 8.31. The molecule has 6 rings (SSSR count). The minimum atomic E-state index is 0.278. The SMILES string of the molecule is c1cc(Nc2ncc3c(n2)-c2c(cnn2[C@H]2CCOC2)CC3)ncc1N1CCNCC1. The summed E-state index contributed by atoms with van der Waals surface area (Å²) in [5, 5.41) is 11.3. The molecule has 2 fully saturated rings. The Hall–Kier alpha value is -3.04. The van der Waals surface area contributed by atoms with Crippen LogP contribution in [0.15, 0.2) is 30.7 Å². The number of fused-ring (bicyclic) bond motifs is 3. The first-order valence-electron chi connectivity index (χ1n) is 11.0. The van der Waals surface area contributed by atoms with E-state index in [1.165, 1.54) is 11.1 Å². The average Bonchev–Trinajstić information content (AvgIpc) is 3.50. The maximum absolute atomic E-state index is 5.59. The predicted octanol–water partition coefficient (Wildman–Crippen LogP) is 1.95. The number of aromatic nitrogens is 5. The summed E-state index contributed by atoms with van der Waals surface area (Å²) in [4.78, 5) is 16.4. The highest BCUT2D eigenvalue weighted by atomic mass is 16.5. The highest BCUT2D eigenvalue weighted by Crippen LogP contribution is 2.35. The fraction of sp³-hybridized carbons (Fsp3) is 0.455. The van der Waals surface area contributed by atoms with Crippen molar-refractivity contribution in [3.63, 3.8) is 0 Å². The molecule has 0 saturated carbocycles. The minimum Gasteiger partial charge on any atom is -0.379 e. The van der Waals surface area contributed by atoms with Crippen LogP contribution in [0, 0.1) is 0 Å². The van der Waals surface area contributed by atoms with Crippen molar-refractivity contribution < 1.29 is 4.74 Å². The van der Waals surface area contributed by atoms with Crippen molar-refractivity contribution >= 4 is 17.5 Å². The Labute approximate surface area is 180 Å². The third-order valence-electron chi connectivity index (χ3n) is 6.35. The van der Waals surface area contributed by atoms with Gasteiger partial charge in [-0.2, -0.15) is 5.10 Å². The number of ether oxygens (including phenoxy) is 1. The number of anilines is 3.